The molecule has 0 unspecified atom stereocenters. The zero-order valence-corrected chi connectivity index (χ0v) is 10.2. The van der Waals surface area contributed by atoms with E-state index in [-0.39, 0.29) is 12.4 Å². The van der Waals surface area contributed by atoms with Crippen molar-refractivity contribution < 1.29 is 9.50 Å². The maximum atomic E-state index is 13.8. The Kier molecular flexibility index (Phi) is 2.67. The van der Waals surface area contributed by atoms with Crippen LogP contribution in [0, 0.1) is 12.7 Å². The van der Waals surface area contributed by atoms with Gasteiger partial charge < -0.3 is 5.11 Å². The highest BCUT2D eigenvalue weighted by Crippen LogP contribution is 2.35. The fourth-order valence-electron chi connectivity index (χ4n) is 2.17. The van der Waals surface area contributed by atoms with Gasteiger partial charge in [0.15, 0.2) is 0 Å². The number of aliphatic hydroxyl groups is 1. The molecule has 0 radical (unpaired) electrons. The third-order valence-electron chi connectivity index (χ3n) is 3.43. The van der Waals surface area contributed by atoms with Crippen LogP contribution >= 0.6 is 0 Å². The number of benzene rings is 1. The van der Waals surface area contributed by atoms with Gasteiger partial charge in [0.1, 0.15) is 5.82 Å². The smallest absolute Gasteiger partial charge is 0.129 e. The minimum Gasteiger partial charge on any atom is -0.392 e. The number of aromatic nitrogens is 2. The second-order valence-electron chi connectivity index (χ2n) is 4.85. The Bertz CT molecular complexity index is 564. The maximum Gasteiger partial charge on any atom is 0.129 e. The molecule has 1 heterocycles. The van der Waals surface area contributed by atoms with E-state index in [1.165, 1.54) is 18.9 Å². The topological polar surface area (TPSA) is 38.0 Å². The van der Waals surface area contributed by atoms with Crippen LogP contribution in [0.2, 0.25) is 0 Å². The Morgan fingerprint density at radius 2 is 2.17 bits per heavy atom. The van der Waals surface area contributed by atoms with Crippen LogP contribution in [0.3, 0.4) is 0 Å². The molecule has 1 aliphatic carbocycles. The number of halogens is 1. The van der Waals surface area contributed by atoms with Gasteiger partial charge in [-0.3, -0.25) is 4.68 Å². The minimum atomic E-state index is -0.355. The summed E-state index contributed by atoms with van der Waals surface area (Å²) in [4.78, 5) is 0. The zero-order chi connectivity index (χ0) is 12.7. The van der Waals surface area contributed by atoms with Crippen molar-refractivity contribution in [3.8, 4) is 11.1 Å². The molecule has 3 rings (SSSR count). The Balaban J connectivity index is 1.99. The lowest BCUT2D eigenvalue weighted by molar-refractivity contribution is 0.275. The Labute approximate surface area is 105 Å². The fourth-order valence-corrected chi connectivity index (χ4v) is 2.17. The molecule has 0 bridgehead atoms. The minimum absolute atomic E-state index is 0.265. The molecule has 1 aromatic carbocycles. The van der Waals surface area contributed by atoms with Crippen molar-refractivity contribution in [2.45, 2.75) is 32.4 Å². The third-order valence-corrected chi connectivity index (χ3v) is 3.43. The molecule has 3 nitrogen and oxygen atoms in total. The second kappa shape index (κ2) is 4.21. The van der Waals surface area contributed by atoms with Crippen molar-refractivity contribution in [2.75, 3.05) is 0 Å². The molecule has 1 saturated carbocycles. The molecule has 4 heteroatoms. The molecule has 1 aromatic heterocycles. The van der Waals surface area contributed by atoms with E-state index < -0.39 is 0 Å². The second-order valence-corrected chi connectivity index (χ2v) is 4.85. The van der Waals surface area contributed by atoms with E-state index in [1.807, 2.05) is 23.9 Å². The number of aryl methyl sites for hydroxylation is 1. The normalized spacial score (nSPS) is 15.1. The van der Waals surface area contributed by atoms with Gasteiger partial charge in [0.2, 0.25) is 0 Å². The molecule has 94 valence electrons. The largest absolute Gasteiger partial charge is 0.392 e. The molecule has 0 spiro atoms. The van der Waals surface area contributed by atoms with E-state index in [0.29, 0.717) is 11.6 Å². The van der Waals surface area contributed by atoms with Crippen LogP contribution in [0.25, 0.3) is 11.1 Å². The van der Waals surface area contributed by atoms with E-state index in [4.69, 9.17) is 5.11 Å². The van der Waals surface area contributed by atoms with Gasteiger partial charge in [-0.1, -0.05) is 6.07 Å². The highest BCUT2D eigenvalue weighted by Gasteiger charge is 2.24. The first-order valence-corrected chi connectivity index (χ1v) is 6.13. The molecule has 1 aliphatic rings. The van der Waals surface area contributed by atoms with Crippen LogP contribution in [0.15, 0.2) is 24.5 Å². The standard InChI is InChI=1S/C14H15FN2O/c1-9-4-10(5-14(15)13(9)8-18)11-6-16-17(7-11)12-2-3-12/h4-7,12,18H,2-3,8H2,1H3. The van der Waals surface area contributed by atoms with Gasteiger partial charge in [0.05, 0.1) is 18.8 Å². The molecule has 1 N–H and O–H groups in total. The predicted molar refractivity (Wildman–Crippen MR) is 66.6 cm³/mol. The number of rotatable bonds is 3. The summed E-state index contributed by atoms with van der Waals surface area (Å²) in [6, 6.07) is 3.89. The van der Waals surface area contributed by atoms with Crippen LogP contribution in [-0.2, 0) is 6.61 Å². The molecule has 1 fully saturated rings. The SMILES string of the molecule is Cc1cc(-c2cnn(C3CC3)c2)cc(F)c1CO. The molecule has 0 aliphatic heterocycles. The summed E-state index contributed by atoms with van der Waals surface area (Å²) in [6.45, 7) is 1.54. The molecule has 0 atom stereocenters. The van der Waals surface area contributed by atoms with Gasteiger partial charge in [0, 0.05) is 17.3 Å². The first kappa shape index (κ1) is 11.4. The lowest BCUT2D eigenvalue weighted by atomic mass is 10.0. The van der Waals surface area contributed by atoms with Crippen LogP contribution in [0.1, 0.15) is 30.0 Å². The molecule has 18 heavy (non-hydrogen) atoms. The lowest BCUT2D eigenvalue weighted by Gasteiger charge is -2.07. The Morgan fingerprint density at radius 1 is 1.39 bits per heavy atom. The van der Waals surface area contributed by atoms with Crippen LogP contribution < -0.4 is 0 Å². The van der Waals surface area contributed by atoms with Crippen LogP contribution in [0.5, 0.6) is 0 Å². The molecule has 0 saturated heterocycles. The van der Waals surface area contributed by atoms with Gasteiger partial charge in [0.25, 0.3) is 0 Å². The highest BCUT2D eigenvalue weighted by molar-refractivity contribution is 5.63. The van der Waals surface area contributed by atoms with Crippen molar-refractivity contribution in [3.63, 3.8) is 0 Å². The zero-order valence-electron chi connectivity index (χ0n) is 10.2. The van der Waals surface area contributed by atoms with E-state index in [1.54, 1.807) is 6.20 Å². The monoisotopic (exact) mass is 246 g/mol. The Hall–Kier alpha value is -1.68. The van der Waals surface area contributed by atoms with Gasteiger partial charge in [-0.2, -0.15) is 5.10 Å². The highest BCUT2D eigenvalue weighted by atomic mass is 19.1. The summed E-state index contributed by atoms with van der Waals surface area (Å²) < 4.78 is 15.7. The summed E-state index contributed by atoms with van der Waals surface area (Å²) in [5, 5.41) is 13.4. The predicted octanol–water partition coefficient (Wildman–Crippen LogP) is 2.82. The van der Waals surface area contributed by atoms with Crippen molar-refractivity contribution in [1.82, 2.24) is 9.78 Å². The summed E-state index contributed by atoms with van der Waals surface area (Å²) in [7, 11) is 0. The summed E-state index contributed by atoms with van der Waals surface area (Å²) in [5.74, 6) is -0.355. The maximum absolute atomic E-state index is 13.8. The number of nitrogens with zero attached hydrogens (tertiary/aromatic N) is 2. The van der Waals surface area contributed by atoms with Crippen molar-refractivity contribution in [1.29, 1.82) is 0 Å². The molecule has 2 aromatic rings. The average molecular weight is 246 g/mol. The Morgan fingerprint density at radius 3 is 2.78 bits per heavy atom. The van der Waals surface area contributed by atoms with Gasteiger partial charge in [-0.05, 0) is 37.0 Å². The molecular formula is C14H15FN2O. The van der Waals surface area contributed by atoms with Gasteiger partial charge >= 0.3 is 0 Å². The molecular weight excluding hydrogens is 231 g/mol. The summed E-state index contributed by atoms with van der Waals surface area (Å²) >= 11 is 0. The third kappa shape index (κ3) is 1.93. The van der Waals surface area contributed by atoms with E-state index in [9.17, 15) is 4.39 Å². The molecule has 0 amide bonds. The van der Waals surface area contributed by atoms with E-state index in [2.05, 4.69) is 5.10 Å². The fraction of sp³-hybridized carbons (Fsp3) is 0.357. The van der Waals surface area contributed by atoms with Gasteiger partial charge in [-0.25, -0.2) is 4.39 Å². The first-order valence-electron chi connectivity index (χ1n) is 6.13. The summed E-state index contributed by atoms with van der Waals surface area (Å²) in [6.07, 6.45) is 6.09. The van der Waals surface area contributed by atoms with Gasteiger partial charge in [-0.15, -0.1) is 0 Å². The number of hydrogen-bond acceptors (Lipinski definition) is 2. The summed E-state index contributed by atoms with van der Waals surface area (Å²) in [5.41, 5.74) is 2.88. The van der Waals surface area contributed by atoms with Crippen LogP contribution in [-0.4, -0.2) is 14.9 Å². The van der Waals surface area contributed by atoms with Crippen molar-refractivity contribution in [3.05, 3.63) is 41.5 Å². The van der Waals surface area contributed by atoms with E-state index >= 15 is 0 Å². The number of aliphatic hydroxyl groups excluding tert-OH is 1. The average Bonchev–Trinajstić information content (AvgIpc) is 3.07. The van der Waals surface area contributed by atoms with Crippen molar-refractivity contribution >= 4 is 0 Å². The van der Waals surface area contributed by atoms with Crippen molar-refractivity contribution in [2.24, 2.45) is 0 Å². The first-order chi connectivity index (χ1) is 8.69. The lowest BCUT2D eigenvalue weighted by Crippen LogP contribution is -1.95. The van der Waals surface area contributed by atoms with E-state index in [0.717, 1.165) is 16.7 Å². The quantitative estimate of drug-likeness (QED) is 0.904. The number of hydrogen-bond donors (Lipinski definition) is 1. The van der Waals surface area contributed by atoms with Crippen LogP contribution in [0.4, 0.5) is 4.39 Å².